The summed E-state index contributed by atoms with van der Waals surface area (Å²) in [6.45, 7) is 1.94. The Kier molecular flexibility index (Phi) is 3.86. The Morgan fingerprint density at radius 1 is 0.821 bits per heavy atom. The molecule has 1 aromatic heterocycles. The maximum Gasteiger partial charge on any atom is 0.268 e. The molecule has 0 N–H and O–H groups in total. The quantitative estimate of drug-likeness (QED) is 0.319. The van der Waals surface area contributed by atoms with Crippen LogP contribution in [0.15, 0.2) is 88.2 Å². The minimum atomic E-state index is -3.77. The molecular formula is C23H16BrNO2S. The first-order valence-corrected chi connectivity index (χ1v) is 11.1. The third kappa shape index (κ3) is 2.43. The van der Waals surface area contributed by atoms with Gasteiger partial charge in [0.05, 0.1) is 15.9 Å². The van der Waals surface area contributed by atoms with Crippen molar-refractivity contribution in [2.45, 2.75) is 11.8 Å². The molecule has 0 aliphatic rings. The summed E-state index contributed by atoms with van der Waals surface area (Å²) in [6, 6.07) is 24.7. The number of nitrogens with zero attached hydrogens (tertiary/aromatic N) is 1. The molecule has 28 heavy (non-hydrogen) atoms. The van der Waals surface area contributed by atoms with Gasteiger partial charge in [-0.25, -0.2) is 12.4 Å². The summed E-state index contributed by atoms with van der Waals surface area (Å²) in [5.41, 5.74) is 2.36. The zero-order valence-corrected chi connectivity index (χ0v) is 17.5. The number of aryl methyl sites for hydroxylation is 1. The highest BCUT2D eigenvalue weighted by Gasteiger charge is 2.25. The van der Waals surface area contributed by atoms with Crippen LogP contribution in [0.2, 0.25) is 0 Å². The highest BCUT2D eigenvalue weighted by Crippen LogP contribution is 2.40. The Hall–Kier alpha value is -2.63. The average molecular weight is 450 g/mol. The third-order valence-corrected chi connectivity index (χ3v) is 7.46. The van der Waals surface area contributed by atoms with Crippen molar-refractivity contribution in [2.24, 2.45) is 0 Å². The normalized spacial score (nSPS) is 12.2. The molecule has 0 spiro atoms. The summed E-state index contributed by atoms with van der Waals surface area (Å²) < 4.78 is 29.6. The van der Waals surface area contributed by atoms with Crippen LogP contribution in [0.4, 0.5) is 0 Å². The molecule has 0 radical (unpaired) electrons. The van der Waals surface area contributed by atoms with Gasteiger partial charge in [-0.2, -0.15) is 0 Å². The van der Waals surface area contributed by atoms with Gasteiger partial charge in [-0.3, -0.25) is 0 Å². The molecular weight excluding hydrogens is 434 g/mol. The maximum absolute atomic E-state index is 13.7. The lowest BCUT2D eigenvalue weighted by molar-refractivity contribution is 0.590. The van der Waals surface area contributed by atoms with E-state index >= 15 is 0 Å². The van der Waals surface area contributed by atoms with Crippen LogP contribution in [0.25, 0.3) is 32.6 Å². The zero-order valence-electron chi connectivity index (χ0n) is 15.1. The van der Waals surface area contributed by atoms with Crippen molar-refractivity contribution in [3.63, 3.8) is 0 Å². The SMILES string of the molecule is Cc1ccc(S(=O)(=O)n2c3ccccc3c3c4ccccc4cc(Br)c32)cc1. The fourth-order valence-corrected chi connectivity index (χ4v) is 6.10. The van der Waals surface area contributed by atoms with Crippen molar-refractivity contribution in [1.29, 1.82) is 0 Å². The highest BCUT2D eigenvalue weighted by atomic mass is 79.9. The van der Waals surface area contributed by atoms with Crippen molar-refractivity contribution >= 4 is 58.5 Å². The molecule has 0 atom stereocenters. The van der Waals surface area contributed by atoms with Gasteiger partial charge in [0.25, 0.3) is 10.0 Å². The van der Waals surface area contributed by atoms with Gasteiger partial charge in [-0.15, -0.1) is 0 Å². The van der Waals surface area contributed by atoms with Gasteiger partial charge in [0.2, 0.25) is 0 Å². The minimum absolute atomic E-state index is 0.279. The van der Waals surface area contributed by atoms with Crippen molar-refractivity contribution in [2.75, 3.05) is 0 Å². The van der Waals surface area contributed by atoms with E-state index in [1.165, 1.54) is 3.97 Å². The number of halogens is 1. The molecule has 5 aromatic rings. The van der Waals surface area contributed by atoms with Crippen LogP contribution in [-0.4, -0.2) is 12.4 Å². The first-order valence-electron chi connectivity index (χ1n) is 8.91. The van der Waals surface area contributed by atoms with Gasteiger partial charge < -0.3 is 0 Å². The predicted molar refractivity (Wildman–Crippen MR) is 118 cm³/mol. The molecule has 0 aliphatic carbocycles. The molecule has 5 rings (SSSR count). The van der Waals surface area contributed by atoms with Crippen LogP contribution in [0.3, 0.4) is 0 Å². The van der Waals surface area contributed by atoms with E-state index in [0.29, 0.717) is 11.0 Å². The Labute approximate surface area is 171 Å². The van der Waals surface area contributed by atoms with E-state index in [1.54, 1.807) is 12.1 Å². The monoisotopic (exact) mass is 449 g/mol. The van der Waals surface area contributed by atoms with Crippen molar-refractivity contribution in [1.82, 2.24) is 3.97 Å². The number of rotatable bonds is 2. The Morgan fingerprint density at radius 3 is 2.21 bits per heavy atom. The van der Waals surface area contributed by atoms with E-state index in [-0.39, 0.29) is 4.90 Å². The molecule has 0 fully saturated rings. The lowest BCUT2D eigenvalue weighted by atomic mass is 10.0. The molecule has 138 valence electrons. The number of benzene rings is 4. The number of hydrogen-bond donors (Lipinski definition) is 0. The number of aromatic nitrogens is 1. The molecule has 0 bridgehead atoms. The number of fused-ring (bicyclic) bond motifs is 5. The Bertz CT molecular complexity index is 1480. The average Bonchev–Trinajstić information content (AvgIpc) is 3.05. The van der Waals surface area contributed by atoms with E-state index in [1.807, 2.05) is 73.7 Å². The molecule has 0 aliphatic heterocycles. The fraction of sp³-hybridized carbons (Fsp3) is 0.0435. The van der Waals surface area contributed by atoms with Crippen LogP contribution in [0.5, 0.6) is 0 Å². The largest absolute Gasteiger partial charge is 0.268 e. The first kappa shape index (κ1) is 17.5. The summed E-state index contributed by atoms with van der Waals surface area (Å²) in [6.07, 6.45) is 0. The maximum atomic E-state index is 13.7. The summed E-state index contributed by atoms with van der Waals surface area (Å²) in [7, 11) is -3.77. The fourth-order valence-electron chi connectivity index (χ4n) is 3.82. The molecule has 0 saturated carbocycles. The van der Waals surface area contributed by atoms with Crippen molar-refractivity contribution in [3.8, 4) is 0 Å². The summed E-state index contributed by atoms with van der Waals surface area (Å²) in [4.78, 5) is 0.279. The van der Waals surface area contributed by atoms with Crippen molar-refractivity contribution in [3.05, 3.63) is 88.9 Å². The van der Waals surface area contributed by atoms with Gasteiger partial charge in [0.1, 0.15) is 0 Å². The zero-order chi connectivity index (χ0) is 19.5. The van der Waals surface area contributed by atoms with E-state index in [2.05, 4.69) is 15.9 Å². The van der Waals surface area contributed by atoms with Crippen LogP contribution in [0.1, 0.15) is 5.56 Å². The van der Waals surface area contributed by atoms with Crippen LogP contribution < -0.4 is 0 Å². The second-order valence-corrected chi connectivity index (χ2v) is 9.54. The van der Waals surface area contributed by atoms with E-state index in [9.17, 15) is 8.42 Å². The van der Waals surface area contributed by atoms with Crippen LogP contribution in [0, 0.1) is 6.92 Å². The van der Waals surface area contributed by atoms with E-state index in [4.69, 9.17) is 0 Å². The molecule has 4 aromatic carbocycles. The van der Waals surface area contributed by atoms with Gasteiger partial charge in [-0.1, -0.05) is 60.2 Å². The van der Waals surface area contributed by atoms with Crippen LogP contribution in [-0.2, 0) is 10.0 Å². The van der Waals surface area contributed by atoms with Gasteiger partial charge in [0, 0.05) is 15.2 Å². The topological polar surface area (TPSA) is 39.1 Å². The second-order valence-electron chi connectivity index (χ2n) is 6.90. The van der Waals surface area contributed by atoms with Gasteiger partial charge in [0.15, 0.2) is 0 Å². The first-order chi connectivity index (χ1) is 13.5. The summed E-state index contributed by atoms with van der Waals surface area (Å²) in [5, 5.41) is 3.97. The minimum Gasteiger partial charge on any atom is -0.232 e. The molecule has 3 nitrogen and oxygen atoms in total. The summed E-state index contributed by atoms with van der Waals surface area (Å²) >= 11 is 3.64. The predicted octanol–water partition coefficient (Wildman–Crippen LogP) is 6.26. The van der Waals surface area contributed by atoms with Crippen molar-refractivity contribution < 1.29 is 8.42 Å². The number of para-hydroxylation sites is 1. The Morgan fingerprint density at radius 2 is 1.46 bits per heavy atom. The lowest BCUT2D eigenvalue weighted by Crippen LogP contribution is -2.13. The second kappa shape index (κ2) is 6.19. The van der Waals surface area contributed by atoms with Gasteiger partial charge in [-0.05, 0) is 57.9 Å². The molecule has 0 saturated heterocycles. The Balaban J connectivity index is 2.02. The molecule has 5 heteroatoms. The summed E-state index contributed by atoms with van der Waals surface area (Å²) in [5.74, 6) is 0. The number of hydrogen-bond acceptors (Lipinski definition) is 2. The smallest absolute Gasteiger partial charge is 0.232 e. The third-order valence-electron chi connectivity index (χ3n) is 5.13. The molecule has 1 heterocycles. The molecule has 0 unspecified atom stereocenters. The van der Waals surface area contributed by atoms with Crippen LogP contribution >= 0.6 is 15.9 Å². The standard InChI is InChI=1S/C23H16BrNO2S/c1-15-10-12-17(13-11-15)28(26,27)25-21-9-5-4-8-19(21)22-18-7-3-2-6-16(18)14-20(24)23(22)25/h2-14H,1H3. The van der Waals surface area contributed by atoms with Gasteiger partial charge >= 0.3 is 0 Å². The highest BCUT2D eigenvalue weighted by molar-refractivity contribution is 9.10. The van der Waals surface area contributed by atoms with E-state index < -0.39 is 10.0 Å². The lowest BCUT2D eigenvalue weighted by Gasteiger charge is -2.11. The van der Waals surface area contributed by atoms with E-state index in [0.717, 1.165) is 31.6 Å². The molecule has 0 amide bonds.